The Morgan fingerprint density at radius 3 is 2.74 bits per heavy atom. The third-order valence-corrected chi connectivity index (χ3v) is 4.21. The summed E-state index contributed by atoms with van der Waals surface area (Å²) in [5.41, 5.74) is 0.305. The van der Waals surface area contributed by atoms with Gasteiger partial charge in [-0.3, -0.25) is 4.79 Å². The number of aryl methyl sites for hydroxylation is 1. The summed E-state index contributed by atoms with van der Waals surface area (Å²) in [5.74, 6) is 0.0123. The van der Waals surface area contributed by atoms with E-state index in [1.807, 2.05) is 6.92 Å². The van der Waals surface area contributed by atoms with Crippen molar-refractivity contribution in [2.45, 2.75) is 26.3 Å². The van der Waals surface area contributed by atoms with E-state index in [0.29, 0.717) is 16.7 Å². The fraction of sp³-hybridized carbons (Fsp3) is 0.636. The average Bonchev–Trinajstić information content (AvgIpc) is 2.32. The molecule has 19 heavy (non-hydrogen) atoms. The fourth-order valence-corrected chi connectivity index (χ4v) is 2.35. The molecule has 1 rings (SSSR count). The van der Waals surface area contributed by atoms with Gasteiger partial charge >= 0.3 is 0 Å². The van der Waals surface area contributed by atoms with Crippen molar-refractivity contribution in [1.82, 2.24) is 9.78 Å². The molecule has 0 atom stereocenters. The summed E-state index contributed by atoms with van der Waals surface area (Å²) in [6, 6.07) is 0. The first-order valence-electron chi connectivity index (χ1n) is 6.02. The van der Waals surface area contributed by atoms with E-state index in [0.717, 1.165) is 12.8 Å². The van der Waals surface area contributed by atoms with Gasteiger partial charge in [0.15, 0.2) is 0 Å². The van der Waals surface area contributed by atoms with Gasteiger partial charge in [-0.2, -0.15) is 5.10 Å². The minimum atomic E-state index is -3.02. The lowest BCUT2D eigenvalue weighted by atomic mass is 10.3. The van der Waals surface area contributed by atoms with Crippen LogP contribution in [0.4, 0.5) is 5.69 Å². The van der Waals surface area contributed by atoms with E-state index in [1.165, 1.54) is 17.1 Å². The molecular formula is C11H18BrN3O3S. The molecule has 0 unspecified atom stereocenters. The highest BCUT2D eigenvalue weighted by Crippen LogP contribution is 2.15. The van der Waals surface area contributed by atoms with Crippen molar-refractivity contribution in [2.75, 3.05) is 23.9 Å². The number of hydrogen-bond acceptors (Lipinski definition) is 5. The second-order valence-corrected chi connectivity index (χ2v) is 7.36. The van der Waals surface area contributed by atoms with E-state index < -0.39 is 9.84 Å². The number of halogens is 1. The van der Waals surface area contributed by atoms with Gasteiger partial charge in [-0.05, 0) is 22.4 Å². The highest BCUT2D eigenvalue weighted by molar-refractivity contribution is 9.10. The van der Waals surface area contributed by atoms with Crippen LogP contribution in [0.5, 0.6) is 0 Å². The lowest BCUT2D eigenvalue weighted by molar-refractivity contribution is 0.541. The molecular weight excluding hydrogens is 334 g/mol. The Hall–Kier alpha value is -0.890. The quantitative estimate of drug-likeness (QED) is 0.799. The maximum absolute atomic E-state index is 12.0. The molecule has 0 fully saturated rings. The van der Waals surface area contributed by atoms with Gasteiger partial charge in [0.25, 0.3) is 5.56 Å². The summed E-state index contributed by atoms with van der Waals surface area (Å²) in [4.78, 5) is 12.0. The first kappa shape index (κ1) is 16.2. The molecule has 0 aromatic carbocycles. The van der Waals surface area contributed by atoms with Gasteiger partial charge in [0, 0.05) is 19.3 Å². The minimum absolute atomic E-state index is 0.0123. The molecule has 0 aliphatic heterocycles. The van der Waals surface area contributed by atoms with E-state index in [2.05, 4.69) is 26.3 Å². The summed E-state index contributed by atoms with van der Waals surface area (Å²) in [6.45, 7) is 2.87. The van der Waals surface area contributed by atoms with Crippen molar-refractivity contribution in [2.24, 2.45) is 0 Å². The Labute approximate surface area is 121 Å². The summed E-state index contributed by atoms with van der Waals surface area (Å²) < 4.78 is 23.8. The zero-order valence-electron chi connectivity index (χ0n) is 11.0. The number of hydrogen-bond donors (Lipinski definition) is 1. The number of unbranched alkanes of at least 4 members (excludes halogenated alkanes) is 1. The Morgan fingerprint density at radius 1 is 1.47 bits per heavy atom. The predicted octanol–water partition coefficient (Wildman–Crippen LogP) is 1.26. The summed E-state index contributed by atoms with van der Waals surface area (Å²) in [6.07, 6.45) is 4.58. The molecule has 0 saturated heterocycles. The van der Waals surface area contributed by atoms with Crippen LogP contribution in [0.3, 0.4) is 0 Å². The van der Waals surface area contributed by atoms with E-state index in [1.54, 1.807) is 0 Å². The molecule has 0 bridgehead atoms. The number of anilines is 1. The smallest absolute Gasteiger partial charge is 0.283 e. The second kappa shape index (κ2) is 7.04. The summed E-state index contributed by atoms with van der Waals surface area (Å²) >= 11 is 3.22. The van der Waals surface area contributed by atoms with Gasteiger partial charge in [-0.1, -0.05) is 13.3 Å². The first-order chi connectivity index (χ1) is 8.85. The Kier molecular flexibility index (Phi) is 5.99. The molecule has 1 aromatic rings. The van der Waals surface area contributed by atoms with E-state index in [9.17, 15) is 13.2 Å². The van der Waals surface area contributed by atoms with Crippen molar-refractivity contribution in [1.29, 1.82) is 0 Å². The number of nitrogens with zero attached hydrogens (tertiary/aromatic N) is 2. The molecule has 6 nitrogen and oxygen atoms in total. The van der Waals surface area contributed by atoms with Gasteiger partial charge in [0.1, 0.15) is 14.3 Å². The molecule has 0 amide bonds. The molecule has 1 N–H and O–H groups in total. The highest BCUT2D eigenvalue weighted by Gasteiger charge is 2.09. The van der Waals surface area contributed by atoms with Crippen LogP contribution in [-0.2, 0) is 16.4 Å². The Bertz CT molecular complexity index is 583. The van der Waals surface area contributed by atoms with E-state index >= 15 is 0 Å². The minimum Gasteiger partial charge on any atom is -0.382 e. The largest absolute Gasteiger partial charge is 0.382 e. The topological polar surface area (TPSA) is 81.1 Å². The third-order valence-electron chi connectivity index (χ3n) is 2.50. The lowest BCUT2D eigenvalue weighted by Gasteiger charge is -2.09. The van der Waals surface area contributed by atoms with Crippen LogP contribution in [0.15, 0.2) is 15.5 Å². The van der Waals surface area contributed by atoms with Gasteiger partial charge in [-0.15, -0.1) is 0 Å². The molecule has 0 spiro atoms. The summed E-state index contributed by atoms with van der Waals surface area (Å²) in [7, 11) is -3.02. The van der Waals surface area contributed by atoms with Crippen molar-refractivity contribution in [3.63, 3.8) is 0 Å². The highest BCUT2D eigenvalue weighted by atomic mass is 79.9. The molecule has 0 saturated carbocycles. The molecule has 8 heteroatoms. The Morgan fingerprint density at radius 2 is 2.16 bits per heavy atom. The molecule has 0 radical (unpaired) electrons. The maximum atomic E-state index is 12.0. The number of sulfone groups is 1. The maximum Gasteiger partial charge on any atom is 0.283 e. The number of rotatable bonds is 7. The van der Waals surface area contributed by atoms with Gasteiger partial charge in [-0.25, -0.2) is 13.1 Å². The van der Waals surface area contributed by atoms with Crippen molar-refractivity contribution in [3.05, 3.63) is 21.0 Å². The average molecular weight is 352 g/mol. The van der Waals surface area contributed by atoms with Crippen molar-refractivity contribution in [3.8, 4) is 0 Å². The molecule has 108 valence electrons. The van der Waals surface area contributed by atoms with Crippen LogP contribution >= 0.6 is 15.9 Å². The van der Waals surface area contributed by atoms with Crippen LogP contribution in [0.25, 0.3) is 0 Å². The van der Waals surface area contributed by atoms with Crippen LogP contribution in [0.2, 0.25) is 0 Å². The van der Waals surface area contributed by atoms with Crippen LogP contribution in [0.1, 0.15) is 19.8 Å². The molecule has 1 aromatic heterocycles. The number of aromatic nitrogens is 2. The fourth-order valence-electron chi connectivity index (χ4n) is 1.43. The first-order valence-corrected chi connectivity index (χ1v) is 8.87. The number of nitrogens with one attached hydrogen (secondary N) is 1. The normalized spacial score (nSPS) is 11.5. The molecule has 0 aliphatic carbocycles. The SMILES string of the molecule is CCCCn1ncc(NCCS(C)(=O)=O)c(Br)c1=O. The van der Waals surface area contributed by atoms with Gasteiger partial charge in [0.2, 0.25) is 0 Å². The van der Waals surface area contributed by atoms with Crippen LogP contribution in [-0.4, -0.2) is 36.8 Å². The van der Waals surface area contributed by atoms with Crippen molar-refractivity contribution >= 4 is 31.5 Å². The third kappa shape index (κ3) is 5.32. The zero-order valence-corrected chi connectivity index (χ0v) is 13.4. The van der Waals surface area contributed by atoms with Crippen LogP contribution in [0, 0.1) is 0 Å². The van der Waals surface area contributed by atoms with E-state index in [-0.39, 0.29) is 17.9 Å². The lowest BCUT2D eigenvalue weighted by Crippen LogP contribution is -2.25. The molecule has 1 heterocycles. The Balaban J connectivity index is 2.76. The second-order valence-electron chi connectivity index (χ2n) is 4.31. The standard InChI is InChI=1S/C11H18BrN3O3S/c1-3-4-6-15-11(16)10(12)9(8-14-15)13-5-7-19(2,17)18/h8,13H,3-7H2,1-2H3. The summed E-state index contributed by atoms with van der Waals surface area (Å²) in [5, 5.41) is 6.95. The molecule has 0 aliphatic rings. The van der Waals surface area contributed by atoms with E-state index in [4.69, 9.17) is 0 Å². The monoisotopic (exact) mass is 351 g/mol. The van der Waals surface area contributed by atoms with Gasteiger partial charge < -0.3 is 5.32 Å². The van der Waals surface area contributed by atoms with Gasteiger partial charge in [0.05, 0.1) is 17.6 Å². The van der Waals surface area contributed by atoms with Crippen molar-refractivity contribution < 1.29 is 8.42 Å². The van der Waals surface area contributed by atoms with Crippen LogP contribution < -0.4 is 10.9 Å². The predicted molar refractivity (Wildman–Crippen MR) is 79.3 cm³/mol. The zero-order chi connectivity index (χ0) is 14.5.